The van der Waals surface area contributed by atoms with Crippen LogP contribution in [0.5, 0.6) is 0 Å². The summed E-state index contributed by atoms with van der Waals surface area (Å²) in [6, 6.07) is 3.57. The van der Waals surface area contributed by atoms with E-state index in [2.05, 4.69) is 9.98 Å². The molecule has 0 radical (unpaired) electrons. The van der Waals surface area contributed by atoms with Crippen LogP contribution in [0.15, 0.2) is 35.2 Å². The zero-order valence-corrected chi connectivity index (χ0v) is 12.1. The number of aromatic nitrogens is 1. The van der Waals surface area contributed by atoms with Crippen molar-refractivity contribution in [2.24, 2.45) is 4.99 Å². The summed E-state index contributed by atoms with van der Waals surface area (Å²) in [5.41, 5.74) is 1.14. The second kappa shape index (κ2) is 5.96. The van der Waals surface area contributed by atoms with Gasteiger partial charge < -0.3 is 14.9 Å². The van der Waals surface area contributed by atoms with Gasteiger partial charge in [0.2, 0.25) is 0 Å². The van der Waals surface area contributed by atoms with Crippen molar-refractivity contribution in [2.75, 3.05) is 6.61 Å². The molecule has 0 aliphatic carbocycles. The number of ether oxygens (including phenoxy) is 1. The quantitative estimate of drug-likeness (QED) is 0.775. The van der Waals surface area contributed by atoms with Crippen LogP contribution in [-0.2, 0) is 9.53 Å². The summed E-state index contributed by atoms with van der Waals surface area (Å²) in [7, 11) is 0. The Morgan fingerprint density at radius 1 is 1.45 bits per heavy atom. The number of pyridine rings is 1. The number of carbonyl (C=O) groups is 1. The van der Waals surface area contributed by atoms with E-state index < -0.39 is 18.4 Å². The van der Waals surface area contributed by atoms with Gasteiger partial charge in [-0.15, -0.1) is 0 Å². The predicted molar refractivity (Wildman–Crippen MR) is 78.5 cm³/mol. The number of amides is 1. The summed E-state index contributed by atoms with van der Waals surface area (Å²) in [5, 5.41) is 18.9. The van der Waals surface area contributed by atoms with E-state index in [1.54, 1.807) is 37.5 Å². The molecule has 0 unspecified atom stereocenters. The van der Waals surface area contributed by atoms with Crippen LogP contribution in [0.4, 0.5) is 0 Å². The topological polar surface area (TPSA) is 95.3 Å². The molecule has 2 aliphatic rings. The van der Waals surface area contributed by atoms with Gasteiger partial charge in [-0.05, 0) is 30.7 Å². The van der Waals surface area contributed by atoms with Crippen molar-refractivity contribution in [2.45, 2.75) is 31.8 Å². The van der Waals surface area contributed by atoms with E-state index in [1.807, 2.05) is 0 Å². The van der Waals surface area contributed by atoms with Gasteiger partial charge in [0.05, 0.1) is 12.7 Å². The minimum absolute atomic E-state index is 0.256. The Bertz CT molecular complexity index is 629. The monoisotopic (exact) mass is 303 g/mol. The lowest BCUT2D eigenvalue weighted by molar-refractivity contribution is -0.133. The summed E-state index contributed by atoms with van der Waals surface area (Å²) in [6.45, 7) is 1.43. The third-order valence-corrected chi connectivity index (χ3v) is 3.75. The number of carbonyl (C=O) groups excluding carboxylic acids is 1. The molecule has 7 heteroatoms. The van der Waals surface area contributed by atoms with Crippen molar-refractivity contribution < 1.29 is 19.7 Å². The number of nitrogens with zero attached hydrogens (tertiary/aromatic N) is 3. The fourth-order valence-corrected chi connectivity index (χ4v) is 2.63. The van der Waals surface area contributed by atoms with E-state index in [9.17, 15) is 9.90 Å². The number of aliphatic imine (C=N–C) groups is 1. The van der Waals surface area contributed by atoms with Gasteiger partial charge in [-0.1, -0.05) is 0 Å². The molecule has 116 valence electrons. The van der Waals surface area contributed by atoms with Crippen molar-refractivity contribution in [3.8, 4) is 0 Å². The highest BCUT2D eigenvalue weighted by atomic mass is 16.5. The summed E-state index contributed by atoms with van der Waals surface area (Å²) >= 11 is 0. The molecule has 3 heterocycles. The van der Waals surface area contributed by atoms with E-state index in [-0.39, 0.29) is 18.9 Å². The molecule has 1 amide bonds. The van der Waals surface area contributed by atoms with E-state index in [0.29, 0.717) is 11.5 Å². The Morgan fingerprint density at radius 2 is 2.18 bits per heavy atom. The minimum atomic E-state index is -0.788. The molecule has 1 aromatic heterocycles. The second-order valence-corrected chi connectivity index (χ2v) is 5.26. The lowest BCUT2D eigenvalue weighted by Gasteiger charge is -2.23. The first-order valence-corrected chi connectivity index (χ1v) is 7.05. The lowest BCUT2D eigenvalue weighted by atomic mass is 10.2. The fourth-order valence-electron chi connectivity index (χ4n) is 2.63. The third kappa shape index (κ3) is 2.66. The Labute approximate surface area is 127 Å². The summed E-state index contributed by atoms with van der Waals surface area (Å²) in [6.07, 6.45) is 3.16. The van der Waals surface area contributed by atoms with Crippen LogP contribution in [0.1, 0.15) is 18.9 Å². The van der Waals surface area contributed by atoms with Crippen molar-refractivity contribution in [1.29, 1.82) is 0 Å². The van der Waals surface area contributed by atoms with Crippen LogP contribution < -0.4 is 0 Å². The normalized spacial score (nSPS) is 30.2. The number of aliphatic hydroxyl groups is 2. The maximum atomic E-state index is 12.5. The SMILES string of the molecule is CC1=N/C(=C/c2ccncc2)C(=O)N1[C@H]1C[C@H](O)[C@@H](CO)O1. The summed E-state index contributed by atoms with van der Waals surface area (Å²) in [4.78, 5) is 22.1. The predicted octanol–water partition coefficient (Wildman–Crippen LogP) is 0.151. The Balaban J connectivity index is 1.81. The van der Waals surface area contributed by atoms with Gasteiger partial charge in [0, 0.05) is 18.8 Å². The maximum Gasteiger partial charge on any atom is 0.280 e. The maximum absolute atomic E-state index is 12.5. The number of aliphatic hydroxyl groups excluding tert-OH is 2. The van der Waals surface area contributed by atoms with E-state index in [1.165, 1.54) is 4.90 Å². The molecule has 2 aliphatic heterocycles. The molecule has 1 fully saturated rings. The smallest absolute Gasteiger partial charge is 0.280 e. The molecule has 0 bridgehead atoms. The van der Waals surface area contributed by atoms with Gasteiger partial charge in [-0.2, -0.15) is 0 Å². The van der Waals surface area contributed by atoms with Crippen LogP contribution in [0.25, 0.3) is 6.08 Å². The van der Waals surface area contributed by atoms with E-state index in [4.69, 9.17) is 9.84 Å². The highest BCUT2D eigenvalue weighted by Gasteiger charge is 2.42. The van der Waals surface area contributed by atoms with Gasteiger partial charge in [-0.25, -0.2) is 4.99 Å². The number of hydrogen-bond donors (Lipinski definition) is 2. The molecule has 0 saturated carbocycles. The van der Waals surface area contributed by atoms with Gasteiger partial charge in [0.1, 0.15) is 23.9 Å². The summed E-state index contributed by atoms with van der Waals surface area (Å²) in [5.74, 6) is 0.242. The largest absolute Gasteiger partial charge is 0.394 e. The first kappa shape index (κ1) is 14.8. The summed E-state index contributed by atoms with van der Waals surface area (Å²) < 4.78 is 5.53. The van der Waals surface area contributed by atoms with Crippen LogP contribution in [0.3, 0.4) is 0 Å². The molecule has 0 spiro atoms. The van der Waals surface area contributed by atoms with Crippen molar-refractivity contribution in [1.82, 2.24) is 9.88 Å². The standard InChI is InChI=1S/C15H17N3O4/c1-9-17-11(6-10-2-4-16-5-3-10)15(21)18(9)14-7-12(20)13(8-19)22-14/h2-6,12-14,19-20H,7-8H2,1H3/b11-6+/t12-,13+,14+/m0/s1. The van der Waals surface area contributed by atoms with Crippen LogP contribution in [0.2, 0.25) is 0 Å². The fraction of sp³-hybridized carbons (Fsp3) is 0.400. The molecule has 22 heavy (non-hydrogen) atoms. The van der Waals surface area contributed by atoms with Crippen molar-refractivity contribution >= 4 is 17.8 Å². The minimum Gasteiger partial charge on any atom is -0.394 e. The second-order valence-electron chi connectivity index (χ2n) is 5.26. The lowest BCUT2D eigenvalue weighted by Crippen LogP contribution is -2.40. The molecule has 3 atom stereocenters. The zero-order valence-electron chi connectivity index (χ0n) is 12.1. The van der Waals surface area contributed by atoms with Gasteiger partial charge >= 0.3 is 0 Å². The molecular weight excluding hydrogens is 286 g/mol. The molecule has 2 N–H and O–H groups in total. The third-order valence-electron chi connectivity index (χ3n) is 3.75. The molecule has 3 rings (SSSR count). The average molecular weight is 303 g/mol. The van der Waals surface area contributed by atoms with Gasteiger partial charge in [0.25, 0.3) is 5.91 Å². The van der Waals surface area contributed by atoms with Crippen LogP contribution in [0, 0.1) is 0 Å². The van der Waals surface area contributed by atoms with Crippen LogP contribution in [-0.4, -0.2) is 56.9 Å². The molecular formula is C15H17N3O4. The molecule has 1 saturated heterocycles. The molecule has 1 aromatic rings. The van der Waals surface area contributed by atoms with Crippen molar-refractivity contribution in [3.63, 3.8) is 0 Å². The van der Waals surface area contributed by atoms with Gasteiger partial charge in [-0.3, -0.25) is 14.7 Å². The zero-order chi connectivity index (χ0) is 15.7. The van der Waals surface area contributed by atoms with Crippen molar-refractivity contribution in [3.05, 3.63) is 35.8 Å². The highest BCUT2D eigenvalue weighted by molar-refractivity contribution is 6.13. The first-order chi connectivity index (χ1) is 10.6. The highest BCUT2D eigenvalue weighted by Crippen LogP contribution is 2.28. The molecule has 0 aromatic carbocycles. The van der Waals surface area contributed by atoms with Gasteiger partial charge in [0.15, 0.2) is 0 Å². The molecule has 7 nitrogen and oxygen atoms in total. The van der Waals surface area contributed by atoms with Crippen LogP contribution >= 0.6 is 0 Å². The first-order valence-electron chi connectivity index (χ1n) is 7.05. The van der Waals surface area contributed by atoms with E-state index in [0.717, 1.165) is 5.56 Å². The number of hydrogen-bond acceptors (Lipinski definition) is 6. The Morgan fingerprint density at radius 3 is 2.82 bits per heavy atom. The number of amidine groups is 1. The number of rotatable bonds is 3. The average Bonchev–Trinajstić information content (AvgIpc) is 3.00. The Hall–Kier alpha value is -2.09. The Kier molecular flexibility index (Phi) is 4.02. The van der Waals surface area contributed by atoms with E-state index >= 15 is 0 Å².